The summed E-state index contributed by atoms with van der Waals surface area (Å²) in [5.41, 5.74) is 5.83. The van der Waals surface area contributed by atoms with Crippen LogP contribution in [0.1, 0.15) is 32.1 Å². The summed E-state index contributed by atoms with van der Waals surface area (Å²) in [5, 5.41) is 0. The maximum absolute atomic E-state index is 5.83. The van der Waals surface area contributed by atoms with Crippen molar-refractivity contribution in [1.82, 2.24) is 0 Å². The van der Waals surface area contributed by atoms with Crippen molar-refractivity contribution in [2.75, 3.05) is 6.61 Å². The van der Waals surface area contributed by atoms with Gasteiger partial charge in [-0.15, -0.1) is 12.3 Å². The van der Waals surface area contributed by atoms with Crippen LogP contribution in [-0.4, -0.2) is 18.8 Å². The molecule has 2 unspecified atom stereocenters. The molecule has 2 nitrogen and oxygen atoms in total. The smallest absolute Gasteiger partial charge is 0.0725 e. The lowest BCUT2D eigenvalue weighted by atomic mass is 10.2. The molecular formula is C10H17NO. The molecular weight excluding hydrogens is 150 g/mol. The van der Waals surface area contributed by atoms with Gasteiger partial charge in [-0.05, 0) is 25.7 Å². The molecule has 68 valence electrons. The molecule has 0 aromatic heterocycles. The van der Waals surface area contributed by atoms with E-state index in [1.807, 2.05) is 0 Å². The van der Waals surface area contributed by atoms with Gasteiger partial charge < -0.3 is 10.5 Å². The quantitative estimate of drug-likeness (QED) is 0.506. The Morgan fingerprint density at radius 1 is 1.50 bits per heavy atom. The minimum atomic E-state index is 0.260. The van der Waals surface area contributed by atoms with E-state index in [1.54, 1.807) is 0 Å². The van der Waals surface area contributed by atoms with Crippen LogP contribution in [0.4, 0.5) is 0 Å². The summed E-state index contributed by atoms with van der Waals surface area (Å²) in [6.07, 6.45) is 10.6. The summed E-state index contributed by atoms with van der Waals surface area (Å²) in [5.74, 6) is 2.59. The van der Waals surface area contributed by atoms with Gasteiger partial charge in [-0.25, -0.2) is 0 Å². The first kappa shape index (κ1) is 9.57. The van der Waals surface area contributed by atoms with Crippen LogP contribution in [-0.2, 0) is 4.74 Å². The summed E-state index contributed by atoms with van der Waals surface area (Å²) in [6.45, 7) is 0.766. The fraction of sp³-hybridized carbons (Fsp3) is 0.800. The van der Waals surface area contributed by atoms with Crippen molar-refractivity contribution in [3.05, 3.63) is 0 Å². The summed E-state index contributed by atoms with van der Waals surface area (Å²) in [6, 6.07) is 0.260. The van der Waals surface area contributed by atoms with Crippen molar-refractivity contribution in [2.24, 2.45) is 5.73 Å². The lowest BCUT2D eigenvalue weighted by molar-refractivity contribution is 0.0472. The predicted molar refractivity (Wildman–Crippen MR) is 49.6 cm³/mol. The van der Waals surface area contributed by atoms with Crippen LogP contribution in [0, 0.1) is 12.3 Å². The zero-order valence-electron chi connectivity index (χ0n) is 7.46. The molecule has 0 bridgehead atoms. The Kier molecular flexibility index (Phi) is 4.13. The first-order valence-electron chi connectivity index (χ1n) is 4.65. The summed E-state index contributed by atoms with van der Waals surface area (Å²) >= 11 is 0. The molecule has 1 fully saturated rings. The number of terminal acetylenes is 1. The van der Waals surface area contributed by atoms with Crippen LogP contribution >= 0.6 is 0 Å². The molecule has 1 rings (SSSR count). The SMILES string of the molecule is C#CCCCOC1CCCC1N. The van der Waals surface area contributed by atoms with Crippen LogP contribution in [0.2, 0.25) is 0 Å². The first-order chi connectivity index (χ1) is 5.84. The van der Waals surface area contributed by atoms with E-state index in [2.05, 4.69) is 5.92 Å². The highest BCUT2D eigenvalue weighted by molar-refractivity contribution is 4.84. The van der Waals surface area contributed by atoms with Crippen LogP contribution in [0.25, 0.3) is 0 Å². The fourth-order valence-electron chi connectivity index (χ4n) is 1.57. The minimum absolute atomic E-state index is 0.260. The monoisotopic (exact) mass is 167 g/mol. The predicted octanol–water partition coefficient (Wildman–Crippen LogP) is 1.30. The standard InChI is InChI=1S/C10H17NO/c1-2-3-4-8-12-10-7-5-6-9(10)11/h1,9-10H,3-8,11H2. The number of unbranched alkanes of at least 4 members (excludes halogenated alkanes) is 1. The van der Waals surface area contributed by atoms with E-state index in [0.29, 0.717) is 6.10 Å². The lowest BCUT2D eigenvalue weighted by Gasteiger charge is -2.15. The van der Waals surface area contributed by atoms with Crippen LogP contribution < -0.4 is 5.73 Å². The molecule has 2 heteroatoms. The third-order valence-electron chi connectivity index (χ3n) is 2.30. The normalized spacial score (nSPS) is 28.7. The highest BCUT2D eigenvalue weighted by Gasteiger charge is 2.23. The Morgan fingerprint density at radius 3 is 2.92 bits per heavy atom. The Balaban J connectivity index is 2.03. The molecule has 0 amide bonds. The second-order valence-electron chi connectivity index (χ2n) is 3.31. The van der Waals surface area contributed by atoms with Gasteiger partial charge in [0.1, 0.15) is 0 Å². The Bertz CT molecular complexity index is 162. The van der Waals surface area contributed by atoms with E-state index in [9.17, 15) is 0 Å². The van der Waals surface area contributed by atoms with Crippen LogP contribution in [0.3, 0.4) is 0 Å². The first-order valence-corrected chi connectivity index (χ1v) is 4.65. The maximum atomic E-state index is 5.83. The minimum Gasteiger partial charge on any atom is -0.377 e. The van der Waals surface area contributed by atoms with Crippen LogP contribution in [0.15, 0.2) is 0 Å². The van der Waals surface area contributed by atoms with E-state index in [1.165, 1.54) is 6.42 Å². The van der Waals surface area contributed by atoms with Crippen molar-refractivity contribution in [1.29, 1.82) is 0 Å². The van der Waals surface area contributed by atoms with Gasteiger partial charge >= 0.3 is 0 Å². The third-order valence-corrected chi connectivity index (χ3v) is 2.30. The molecule has 12 heavy (non-hydrogen) atoms. The fourth-order valence-corrected chi connectivity index (χ4v) is 1.57. The van der Waals surface area contributed by atoms with Crippen molar-refractivity contribution >= 4 is 0 Å². The van der Waals surface area contributed by atoms with Gasteiger partial charge in [0.05, 0.1) is 6.10 Å². The molecule has 0 heterocycles. The molecule has 0 spiro atoms. The summed E-state index contributed by atoms with van der Waals surface area (Å²) in [7, 11) is 0. The Morgan fingerprint density at radius 2 is 2.33 bits per heavy atom. The molecule has 0 aliphatic heterocycles. The zero-order valence-corrected chi connectivity index (χ0v) is 7.46. The van der Waals surface area contributed by atoms with Crippen LogP contribution in [0.5, 0.6) is 0 Å². The molecule has 2 N–H and O–H groups in total. The molecule has 1 aliphatic rings. The molecule has 0 aromatic rings. The molecule has 0 aromatic carbocycles. The van der Waals surface area contributed by atoms with Gasteiger partial charge in [-0.3, -0.25) is 0 Å². The highest BCUT2D eigenvalue weighted by atomic mass is 16.5. The molecule has 0 saturated heterocycles. The molecule has 1 aliphatic carbocycles. The highest BCUT2D eigenvalue weighted by Crippen LogP contribution is 2.20. The Labute approximate surface area is 74.5 Å². The number of hydrogen-bond donors (Lipinski definition) is 1. The van der Waals surface area contributed by atoms with E-state index in [0.717, 1.165) is 32.3 Å². The number of hydrogen-bond acceptors (Lipinski definition) is 2. The van der Waals surface area contributed by atoms with Crippen molar-refractivity contribution in [3.63, 3.8) is 0 Å². The molecule has 0 radical (unpaired) electrons. The second-order valence-corrected chi connectivity index (χ2v) is 3.31. The van der Waals surface area contributed by atoms with E-state index >= 15 is 0 Å². The van der Waals surface area contributed by atoms with Gasteiger partial charge in [-0.1, -0.05) is 0 Å². The topological polar surface area (TPSA) is 35.2 Å². The second kappa shape index (κ2) is 5.18. The average Bonchev–Trinajstić information content (AvgIpc) is 2.46. The third kappa shape index (κ3) is 2.84. The largest absolute Gasteiger partial charge is 0.377 e. The van der Waals surface area contributed by atoms with Crippen molar-refractivity contribution in [3.8, 4) is 12.3 Å². The van der Waals surface area contributed by atoms with Gasteiger partial charge in [0.25, 0.3) is 0 Å². The molecule has 2 atom stereocenters. The van der Waals surface area contributed by atoms with Gasteiger partial charge in [0, 0.05) is 19.1 Å². The summed E-state index contributed by atoms with van der Waals surface area (Å²) < 4.78 is 5.60. The van der Waals surface area contributed by atoms with E-state index in [4.69, 9.17) is 16.9 Å². The number of rotatable bonds is 4. The van der Waals surface area contributed by atoms with Gasteiger partial charge in [0.2, 0.25) is 0 Å². The average molecular weight is 167 g/mol. The molecule has 1 saturated carbocycles. The Hall–Kier alpha value is -0.520. The van der Waals surface area contributed by atoms with Gasteiger partial charge in [0.15, 0.2) is 0 Å². The number of nitrogens with two attached hydrogens (primary N) is 1. The van der Waals surface area contributed by atoms with Crippen molar-refractivity contribution < 1.29 is 4.74 Å². The van der Waals surface area contributed by atoms with E-state index < -0.39 is 0 Å². The van der Waals surface area contributed by atoms with E-state index in [-0.39, 0.29) is 6.04 Å². The lowest BCUT2D eigenvalue weighted by Crippen LogP contribution is -2.31. The maximum Gasteiger partial charge on any atom is 0.0725 e. The zero-order chi connectivity index (χ0) is 8.81. The van der Waals surface area contributed by atoms with Gasteiger partial charge in [-0.2, -0.15) is 0 Å². The van der Waals surface area contributed by atoms with Crippen molar-refractivity contribution in [2.45, 2.75) is 44.2 Å². The number of ether oxygens (including phenoxy) is 1. The summed E-state index contributed by atoms with van der Waals surface area (Å²) in [4.78, 5) is 0.